The summed E-state index contributed by atoms with van der Waals surface area (Å²) in [4.78, 5) is 6.79. The average Bonchev–Trinajstić information content (AvgIpc) is 3.43. The largest absolute Gasteiger partial charge is 0.497 e. The molecular weight excluding hydrogens is 334 g/mol. The van der Waals surface area contributed by atoms with Gasteiger partial charge in [0.2, 0.25) is 11.7 Å². The molecule has 1 aromatic carbocycles. The van der Waals surface area contributed by atoms with Crippen LogP contribution in [0.1, 0.15) is 30.3 Å². The van der Waals surface area contributed by atoms with Gasteiger partial charge in [-0.1, -0.05) is 11.2 Å². The molecule has 7 nitrogen and oxygen atoms in total. The molecule has 1 fully saturated rings. The Kier molecular flexibility index (Phi) is 4.62. The number of nitrogens with zero attached hydrogens (tertiary/aromatic N) is 3. The molecule has 2 aromatic heterocycles. The Bertz CT molecular complexity index is 860. The van der Waals surface area contributed by atoms with Crippen LogP contribution in [0.2, 0.25) is 0 Å². The van der Waals surface area contributed by atoms with Crippen LogP contribution in [0.3, 0.4) is 0 Å². The summed E-state index contributed by atoms with van der Waals surface area (Å²) in [5, 5.41) is 4.01. The molecule has 0 amide bonds. The predicted octanol–water partition coefficient (Wildman–Crippen LogP) is 3.68. The van der Waals surface area contributed by atoms with E-state index in [-0.39, 0.29) is 6.04 Å². The van der Waals surface area contributed by atoms with Crippen molar-refractivity contribution >= 4 is 0 Å². The number of hydrogen-bond acceptors (Lipinski definition) is 7. The van der Waals surface area contributed by atoms with Crippen molar-refractivity contribution in [3.8, 4) is 23.1 Å². The van der Waals surface area contributed by atoms with Crippen molar-refractivity contribution in [2.75, 3.05) is 20.8 Å². The molecule has 26 heavy (non-hydrogen) atoms. The zero-order valence-corrected chi connectivity index (χ0v) is 14.8. The fourth-order valence-corrected chi connectivity index (χ4v) is 3.46. The Morgan fingerprint density at radius 3 is 2.92 bits per heavy atom. The van der Waals surface area contributed by atoms with Gasteiger partial charge < -0.3 is 18.4 Å². The summed E-state index contributed by atoms with van der Waals surface area (Å²) in [6, 6.07) is 9.83. The van der Waals surface area contributed by atoms with Crippen molar-refractivity contribution in [3.05, 3.63) is 48.0 Å². The van der Waals surface area contributed by atoms with E-state index >= 15 is 0 Å². The first-order valence-corrected chi connectivity index (χ1v) is 8.61. The number of furan rings is 1. The van der Waals surface area contributed by atoms with E-state index in [0.717, 1.165) is 36.4 Å². The van der Waals surface area contributed by atoms with Crippen molar-refractivity contribution in [3.63, 3.8) is 0 Å². The van der Waals surface area contributed by atoms with Crippen LogP contribution in [0.5, 0.6) is 11.5 Å². The van der Waals surface area contributed by atoms with E-state index in [2.05, 4.69) is 21.1 Å². The smallest absolute Gasteiger partial charge is 0.241 e. The van der Waals surface area contributed by atoms with E-state index in [4.69, 9.17) is 18.4 Å². The molecule has 1 aliphatic heterocycles. The number of ether oxygens (including phenoxy) is 2. The molecule has 1 saturated heterocycles. The van der Waals surface area contributed by atoms with Gasteiger partial charge in [-0.2, -0.15) is 4.98 Å². The zero-order chi connectivity index (χ0) is 17.9. The van der Waals surface area contributed by atoms with Crippen LogP contribution in [-0.4, -0.2) is 35.8 Å². The first-order chi connectivity index (χ1) is 12.8. The number of likely N-dealkylation sites (tertiary alicyclic amines) is 1. The average molecular weight is 355 g/mol. The number of aromatic nitrogens is 2. The lowest BCUT2D eigenvalue weighted by molar-refractivity contribution is 0.209. The van der Waals surface area contributed by atoms with E-state index < -0.39 is 0 Å². The minimum Gasteiger partial charge on any atom is -0.497 e. The topological polar surface area (TPSA) is 73.8 Å². The molecule has 0 N–H and O–H groups in total. The van der Waals surface area contributed by atoms with E-state index in [9.17, 15) is 0 Å². The Labute approximate surface area is 151 Å². The molecule has 0 spiro atoms. The Hall–Kier alpha value is -2.80. The van der Waals surface area contributed by atoms with Gasteiger partial charge in [-0.15, -0.1) is 0 Å². The quantitative estimate of drug-likeness (QED) is 0.667. The van der Waals surface area contributed by atoms with Gasteiger partial charge in [0.15, 0.2) is 5.76 Å². The molecule has 1 unspecified atom stereocenters. The Morgan fingerprint density at radius 2 is 2.15 bits per heavy atom. The first kappa shape index (κ1) is 16.7. The van der Waals surface area contributed by atoms with E-state index in [1.54, 1.807) is 26.5 Å². The second-order valence-corrected chi connectivity index (χ2v) is 6.23. The van der Waals surface area contributed by atoms with Crippen molar-refractivity contribution in [1.82, 2.24) is 15.0 Å². The molecule has 0 bridgehead atoms. The molecule has 3 aromatic rings. The van der Waals surface area contributed by atoms with Gasteiger partial charge in [-0.05, 0) is 37.6 Å². The molecular formula is C19H21N3O4. The van der Waals surface area contributed by atoms with Crippen LogP contribution >= 0.6 is 0 Å². The van der Waals surface area contributed by atoms with Crippen LogP contribution in [-0.2, 0) is 6.54 Å². The number of benzene rings is 1. The molecule has 4 rings (SSSR count). The van der Waals surface area contributed by atoms with E-state index in [1.807, 2.05) is 18.2 Å². The highest BCUT2D eigenvalue weighted by Gasteiger charge is 2.30. The molecule has 0 aliphatic carbocycles. The second kappa shape index (κ2) is 7.21. The van der Waals surface area contributed by atoms with Gasteiger partial charge in [0.25, 0.3) is 0 Å². The minimum absolute atomic E-state index is 0.245. The van der Waals surface area contributed by atoms with Gasteiger partial charge in [-0.3, -0.25) is 4.90 Å². The Balaban J connectivity index is 1.54. The van der Waals surface area contributed by atoms with Crippen LogP contribution in [0.15, 0.2) is 45.5 Å². The maximum Gasteiger partial charge on any atom is 0.241 e. The number of hydrogen-bond donors (Lipinski definition) is 0. The molecule has 1 aliphatic rings. The summed E-state index contributed by atoms with van der Waals surface area (Å²) in [6.07, 6.45) is 3.76. The third-order valence-corrected chi connectivity index (χ3v) is 4.71. The standard InChI is InChI=1S/C19H21N3O4/c1-23-13-7-8-14(17(11-13)24-2)15-5-3-9-22(15)12-18-20-19(21-26-18)16-6-4-10-25-16/h4,6-8,10-11,15H,3,5,9,12H2,1-2H3. The van der Waals surface area contributed by atoms with Crippen molar-refractivity contribution in [2.24, 2.45) is 0 Å². The zero-order valence-electron chi connectivity index (χ0n) is 14.8. The maximum atomic E-state index is 5.58. The second-order valence-electron chi connectivity index (χ2n) is 6.23. The lowest BCUT2D eigenvalue weighted by Crippen LogP contribution is -2.23. The molecule has 136 valence electrons. The maximum absolute atomic E-state index is 5.58. The monoisotopic (exact) mass is 355 g/mol. The van der Waals surface area contributed by atoms with Gasteiger partial charge in [0, 0.05) is 17.7 Å². The summed E-state index contributed by atoms with van der Waals surface area (Å²) in [5.41, 5.74) is 1.15. The molecule has 0 saturated carbocycles. The van der Waals surface area contributed by atoms with E-state index in [0.29, 0.717) is 24.0 Å². The van der Waals surface area contributed by atoms with Crippen LogP contribution in [0.4, 0.5) is 0 Å². The summed E-state index contributed by atoms with van der Waals surface area (Å²) >= 11 is 0. The lowest BCUT2D eigenvalue weighted by atomic mass is 10.0. The number of methoxy groups -OCH3 is 2. The van der Waals surface area contributed by atoms with E-state index in [1.165, 1.54) is 0 Å². The summed E-state index contributed by atoms with van der Waals surface area (Å²) in [7, 11) is 3.34. The van der Waals surface area contributed by atoms with Crippen LogP contribution < -0.4 is 9.47 Å². The third kappa shape index (κ3) is 3.17. The fraction of sp³-hybridized carbons (Fsp3) is 0.368. The molecule has 1 atom stereocenters. The van der Waals surface area contributed by atoms with Crippen molar-refractivity contribution in [1.29, 1.82) is 0 Å². The normalized spacial score (nSPS) is 17.5. The van der Waals surface area contributed by atoms with Crippen molar-refractivity contribution < 1.29 is 18.4 Å². The van der Waals surface area contributed by atoms with Gasteiger partial charge >= 0.3 is 0 Å². The van der Waals surface area contributed by atoms with Gasteiger partial charge in [0.1, 0.15) is 11.5 Å². The van der Waals surface area contributed by atoms with Gasteiger partial charge in [-0.25, -0.2) is 0 Å². The summed E-state index contributed by atoms with van der Waals surface area (Å²) < 4.78 is 21.6. The fourth-order valence-electron chi connectivity index (χ4n) is 3.46. The summed E-state index contributed by atoms with van der Waals surface area (Å²) in [6.45, 7) is 1.56. The minimum atomic E-state index is 0.245. The SMILES string of the molecule is COc1ccc(C2CCCN2Cc2nc(-c3ccco3)no2)c(OC)c1. The lowest BCUT2D eigenvalue weighted by Gasteiger charge is -2.25. The van der Waals surface area contributed by atoms with Crippen LogP contribution in [0.25, 0.3) is 11.6 Å². The predicted molar refractivity (Wildman–Crippen MR) is 93.9 cm³/mol. The highest BCUT2D eigenvalue weighted by molar-refractivity contribution is 5.45. The Morgan fingerprint density at radius 1 is 1.23 bits per heavy atom. The van der Waals surface area contributed by atoms with Crippen LogP contribution in [0, 0.1) is 0 Å². The summed E-state index contributed by atoms with van der Waals surface area (Å²) in [5.74, 6) is 3.28. The molecule has 7 heteroatoms. The third-order valence-electron chi connectivity index (χ3n) is 4.71. The van der Waals surface area contributed by atoms with Crippen molar-refractivity contribution in [2.45, 2.75) is 25.4 Å². The number of rotatable bonds is 6. The molecule has 0 radical (unpaired) electrons. The molecule has 3 heterocycles. The highest BCUT2D eigenvalue weighted by atomic mass is 16.5. The first-order valence-electron chi connectivity index (χ1n) is 8.61. The highest BCUT2D eigenvalue weighted by Crippen LogP contribution is 2.39. The van der Waals surface area contributed by atoms with Gasteiger partial charge in [0.05, 0.1) is 27.0 Å².